The minimum absolute atomic E-state index is 0.191. The molecule has 0 bridgehead atoms. The maximum atomic E-state index is 12.9. The van der Waals surface area contributed by atoms with Crippen LogP contribution in [0.5, 0.6) is 0 Å². The van der Waals surface area contributed by atoms with Crippen molar-refractivity contribution in [2.75, 3.05) is 39.3 Å². The van der Waals surface area contributed by atoms with Crippen LogP contribution >= 0.6 is 0 Å². The van der Waals surface area contributed by atoms with E-state index in [1.807, 2.05) is 0 Å². The number of likely N-dealkylation sites (tertiary alicyclic amines) is 2. The van der Waals surface area contributed by atoms with Crippen LogP contribution in [0.25, 0.3) is 0 Å². The fourth-order valence-corrected chi connectivity index (χ4v) is 6.25. The van der Waals surface area contributed by atoms with E-state index in [4.69, 9.17) is 0 Å². The smallest absolute Gasteiger partial charge is 0.224 e. The highest BCUT2D eigenvalue weighted by molar-refractivity contribution is 5.79. The third-order valence-electron chi connectivity index (χ3n) is 8.07. The summed E-state index contributed by atoms with van der Waals surface area (Å²) in [6, 6.07) is 10.7. The molecule has 4 aliphatic rings. The normalized spacial score (nSPS) is 27.8. The summed E-state index contributed by atoms with van der Waals surface area (Å²) in [6.07, 6.45) is 9.35. The highest BCUT2D eigenvalue weighted by atomic mass is 16.2. The molecule has 5 nitrogen and oxygen atoms in total. The largest absolute Gasteiger partial charge is 0.353 e. The summed E-state index contributed by atoms with van der Waals surface area (Å²) in [4.78, 5) is 18.2. The molecule has 1 aliphatic carbocycles. The third kappa shape index (κ3) is 4.58. The summed E-state index contributed by atoms with van der Waals surface area (Å²) in [6.45, 7) is 6.64. The van der Waals surface area contributed by atoms with Gasteiger partial charge in [0.05, 0.1) is 5.92 Å². The van der Waals surface area contributed by atoms with Crippen LogP contribution in [0.1, 0.15) is 49.7 Å². The van der Waals surface area contributed by atoms with Crippen molar-refractivity contribution >= 4 is 5.91 Å². The number of carbonyl (C=O) groups excluding carboxylic acids is 1. The van der Waals surface area contributed by atoms with E-state index < -0.39 is 0 Å². The molecule has 2 N–H and O–H groups in total. The summed E-state index contributed by atoms with van der Waals surface area (Å²) >= 11 is 0. The van der Waals surface area contributed by atoms with Crippen molar-refractivity contribution in [2.24, 2.45) is 5.92 Å². The van der Waals surface area contributed by atoms with Gasteiger partial charge in [-0.15, -0.1) is 0 Å². The van der Waals surface area contributed by atoms with E-state index in [2.05, 4.69) is 44.7 Å². The molecule has 1 aromatic rings. The van der Waals surface area contributed by atoms with Crippen LogP contribution in [-0.2, 0) is 17.6 Å². The van der Waals surface area contributed by atoms with Crippen molar-refractivity contribution in [3.8, 4) is 0 Å². The molecule has 1 unspecified atom stereocenters. The molecule has 1 amide bonds. The summed E-state index contributed by atoms with van der Waals surface area (Å²) in [5.41, 5.74) is 3.12. The maximum absolute atomic E-state index is 12.9. The lowest BCUT2D eigenvalue weighted by atomic mass is 9.92. The van der Waals surface area contributed by atoms with E-state index in [-0.39, 0.29) is 5.92 Å². The first kappa shape index (κ1) is 20.5. The number of hydrogen-bond acceptors (Lipinski definition) is 4. The maximum Gasteiger partial charge on any atom is 0.224 e. The Morgan fingerprint density at radius 2 is 1.57 bits per heavy atom. The Morgan fingerprint density at radius 3 is 2.27 bits per heavy atom. The summed E-state index contributed by atoms with van der Waals surface area (Å²) in [5.74, 6) is 0.503. The third-order valence-corrected chi connectivity index (χ3v) is 8.07. The zero-order valence-electron chi connectivity index (χ0n) is 18.3. The van der Waals surface area contributed by atoms with Gasteiger partial charge >= 0.3 is 0 Å². The van der Waals surface area contributed by atoms with Crippen LogP contribution < -0.4 is 10.6 Å². The number of carbonyl (C=O) groups is 1. The van der Waals surface area contributed by atoms with Gasteiger partial charge in [-0.05, 0) is 95.2 Å². The topological polar surface area (TPSA) is 47.6 Å². The van der Waals surface area contributed by atoms with Crippen LogP contribution in [0.15, 0.2) is 24.3 Å². The fourth-order valence-electron chi connectivity index (χ4n) is 6.25. The van der Waals surface area contributed by atoms with Crippen molar-refractivity contribution in [3.63, 3.8) is 0 Å². The Bertz CT molecular complexity index is 699. The van der Waals surface area contributed by atoms with E-state index in [0.29, 0.717) is 24.0 Å². The zero-order chi connectivity index (χ0) is 20.3. The molecule has 3 aliphatic heterocycles. The number of hydrogen-bond donors (Lipinski definition) is 2. The molecule has 0 spiro atoms. The zero-order valence-corrected chi connectivity index (χ0v) is 18.3. The van der Waals surface area contributed by atoms with Gasteiger partial charge in [-0.25, -0.2) is 0 Å². The van der Waals surface area contributed by atoms with Crippen LogP contribution in [0.4, 0.5) is 0 Å². The summed E-state index contributed by atoms with van der Waals surface area (Å²) in [7, 11) is 0. The van der Waals surface area contributed by atoms with Crippen molar-refractivity contribution in [2.45, 2.75) is 69.5 Å². The highest BCUT2D eigenvalue weighted by Gasteiger charge is 2.34. The highest BCUT2D eigenvalue weighted by Crippen LogP contribution is 2.29. The van der Waals surface area contributed by atoms with Crippen molar-refractivity contribution in [1.29, 1.82) is 0 Å². The molecule has 3 saturated heterocycles. The monoisotopic (exact) mass is 410 g/mol. The van der Waals surface area contributed by atoms with Crippen molar-refractivity contribution in [3.05, 3.63) is 35.4 Å². The van der Waals surface area contributed by atoms with Gasteiger partial charge < -0.3 is 10.6 Å². The second-order valence-electron chi connectivity index (χ2n) is 9.96. The van der Waals surface area contributed by atoms with E-state index in [1.54, 1.807) is 11.1 Å². The first-order valence-electron chi connectivity index (χ1n) is 12.3. The lowest BCUT2D eigenvalue weighted by Crippen LogP contribution is -2.53. The molecule has 0 aromatic heterocycles. The minimum atomic E-state index is 0.191. The van der Waals surface area contributed by atoms with E-state index in [9.17, 15) is 4.79 Å². The summed E-state index contributed by atoms with van der Waals surface area (Å²) < 4.78 is 0. The van der Waals surface area contributed by atoms with Gasteiger partial charge in [0.25, 0.3) is 0 Å². The quantitative estimate of drug-likeness (QED) is 0.799. The second kappa shape index (κ2) is 9.37. The average Bonchev–Trinajstić information content (AvgIpc) is 3.24. The first-order chi connectivity index (χ1) is 14.8. The predicted octanol–water partition coefficient (Wildman–Crippen LogP) is 2.20. The number of nitrogens with zero attached hydrogens (tertiary/aromatic N) is 2. The van der Waals surface area contributed by atoms with Gasteiger partial charge in [0.2, 0.25) is 5.91 Å². The van der Waals surface area contributed by atoms with E-state index in [1.165, 1.54) is 51.7 Å². The van der Waals surface area contributed by atoms with Gasteiger partial charge in [-0.1, -0.05) is 24.3 Å². The van der Waals surface area contributed by atoms with Crippen LogP contribution in [0.3, 0.4) is 0 Å². The standard InChI is InChI=1S/C25H38N4O/c30-25(27-22-7-11-26-12-8-22)21-6-3-13-29(18-21)23-9-14-28(15-10-23)24-16-19-4-1-2-5-20(19)17-24/h1-2,4-5,21-24,26H,3,6-18H2,(H,27,30). The number of amides is 1. The lowest BCUT2D eigenvalue weighted by molar-refractivity contribution is -0.128. The molecule has 5 heteroatoms. The Kier molecular flexibility index (Phi) is 6.40. The molecule has 30 heavy (non-hydrogen) atoms. The van der Waals surface area contributed by atoms with E-state index in [0.717, 1.165) is 38.9 Å². The molecule has 164 valence electrons. The summed E-state index contributed by atoms with van der Waals surface area (Å²) in [5, 5.41) is 6.73. The second-order valence-corrected chi connectivity index (χ2v) is 9.96. The molecule has 1 atom stereocenters. The van der Waals surface area contributed by atoms with Crippen LogP contribution in [0.2, 0.25) is 0 Å². The molecule has 3 heterocycles. The average molecular weight is 411 g/mol. The van der Waals surface area contributed by atoms with Gasteiger partial charge in [0, 0.05) is 24.7 Å². The molecular weight excluding hydrogens is 372 g/mol. The molecule has 0 saturated carbocycles. The SMILES string of the molecule is O=C(NC1CCNCC1)C1CCCN(C2CCN(C3Cc4ccccc4C3)CC2)C1. The molecular formula is C25H38N4O. The van der Waals surface area contributed by atoms with E-state index >= 15 is 0 Å². The Morgan fingerprint density at radius 1 is 0.867 bits per heavy atom. The van der Waals surface area contributed by atoms with Gasteiger partial charge in [0.1, 0.15) is 0 Å². The predicted molar refractivity (Wildman–Crippen MR) is 121 cm³/mol. The van der Waals surface area contributed by atoms with Crippen LogP contribution in [0, 0.1) is 5.92 Å². The van der Waals surface area contributed by atoms with Gasteiger partial charge in [0.15, 0.2) is 0 Å². The Hall–Kier alpha value is -1.43. The fraction of sp³-hybridized carbons (Fsp3) is 0.720. The van der Waals surface area contributed by atoms with Crippen molar-refractivity contribution < 1.29 is 4.79 Å². The van der Waals surface area contributed by atoms with Crippen molar-refractivity contribution in [1.82, 2.24) is 20.4 Å². The first-order valence-corrected chi connectivity index (χ1v) is 12.3. The molecule has 3 fully saturated rings. The number of rotatable bonds is 4. The van der Waals surface area contributed by atoms with Gasteiger partial charge in [-0.3, -0.25) is 14.6 Å². The number of benzene rings is 1. The molecule has 5 rings (SSSR count). The molecule has 0 radical (unpaired) electrons. The molecule has 1 aromatic carbocycles. The van der Waals surface area contributed by atoms with Crippen LogP contribution in [-0.4, -0.2) is 73.1 Å². The number of nitrogens with one attached hydrogen (secondary N) is 2. The number of piperidine rings is 3. The Balaban J connectivity index is 1.10. The minimum Gasteiger partial charge on any atom is -0.353 e. The van der Waals surface area contributed by atoms with Gasteiger partial charge in [-0.2, -0.15) is 0 Å². The lowest BCUT2D eigenvalue weighted by Gasteiger charge is -2.43. The Labute approximate surface area is 181 Å². The number of fused-ring (bicyclic) bond motifs is 1.